The van der Waals surface area contributed by atoms with E-state index in [9.17, 15) is 14.0 Å². The second-order valence-corrected chi connectivity index (χ2v) is 6.54. The van der Waals surface area contributed by atoms with Crippen molar-refractivity contribution in [3.05, 3.63) is 95.8 Å². The van der Waals surface area contributed by atoms with E-state index in [1.54, 1.807) is 48.3 Å². The Balaban J connectivity index is 1.55. The molecule has 0 aromatic heterocycles. The van der Waals surface area contributed by atoms with E-state index in [-0.39, 0.29) is 17.8 Å². The first-order valence-corrected chi connectivity index (χ1v) is 9.25. The first kappa shape index (κ1) is 20.1. The second-order valence-electron chi connectivity index (χ2n) is 6.54. The largest absolute Gasteiger partial charge is 0.338 e. The second kappa shape index (κ2) is 9.50. The highest BCUT2D eigenvalue weighted by Crippen LogP contribution is 2.17. The predicted molar refractivity (Wildman–Crippen MR) is 113 cm³/mol. The van der Waals surface area contributed by atoms with Crippen molar-refractivity contribution in [2.45, 2.75) is 6.42 Å². The lowest BCUT2D eigenvalue weighted by Crippen LogP contribution is -2.30. The molecule has 3 amide bonds. The monoisotopic (exact) mass is 391 g/mol. The van der Waals surface area contributed by atoms with Crippen LogP contribution in [0.25, 0.3) is 0 Å². The van der Waals surface area contributed by atoms with E-state index in [2.05, 4.69) is 10.6 Å². The third-order valence-corrected chi connectivity index (χ3v) is 4.43. The topological polar surface area (TPSA) is 61.4 Å². The summed E-state index contributed by atoms with van der Waals surface area (Å²) in [5, 5.41) is 5.48. The molecule has 0 heterocycles. The van der Waals surface area contributed by atoms with Gasteiger partial charge in [-0.15, -0.1) is 0 Å². The van der Waals surface area contributed by atoms with Gasteiger partial charge in [0.05, 0.1) is 0 Å². The zero-order valence-electron chi connectivity index (χ0n) is 16.1. The van der Waals surface area contributed by atoms with Crippen molar-refractivity contribution in [2.24, 2.45) is 0 Å². The van der Waals surface area contributed by atoms with E-state index in [4.69, 9.17) is 0 Å². The lowest BCUT2D eigenvalue weighted by Gasteiger charge is -2.17. The number of para-hydroxylation sites is 1. The molecule has 0 saturated carbocycles. The standard InChI is InChI=1S/C23H22FN3O2/c1-27(21-8-3-2-4-9-21)22(28)18-6-5-7-20(16-18)26-23(29)25-15-14-17-10-12-19(24)13-11-17/h2-13,16H,14-15H2,1H3,(H2,25,26,29). The van der Waals surface area contributed by atoms with Crippen LogP contribution in [0.4, 0.5) is 20.6 Å². The fourth-order valence-corrected chi connectivity index (χ4v) is 2.84. The van der Waals surface area contributed by atoms with Gasteiger partial charge in [-0.25, -0.2) is 9.18 Å². The van der Waals surface area contributed by atoms with Crippen molar-refractivity contribution in [1.82, 2.24) is 5.32 Å². The van der Waals surface area contributed by atoms with Gasteiger partial charge in [-0.05, 0) is 54.4 Å². The van der Waals surface area contributed by atoms with Gasteiger partial charge in [0, 0.05) is 30.5 Å². The molecule has 0 fully saturated rings. The van der Waals surface area contributed by atoms with Gasteiger partial charge in [0.15, 0.2) is 0 Å². The molecule has 0 atom stereocenters. The lowest BCUT2D eigenvalue weighted by molar-refractivity contribution is 0.0993. The summed E-state index contributed by atoms with van der Waals surface area (Å²) in [6, 6.07) is 21.9. The van der Waals surface area contributed by atoms with Gasteiger partial charge in [0.2, 0.25) is 0 Å². The van der Waals surface area contributed by atoms with Gasteiger partial charge in [-0.3, -0.25) is 4.79 Å². The minimum absolute atomic E-state index is 0.170. The highest BCUT2D eigenvalue weighted by molar-refractivity contribution is 6.06. The predicted octanol–water partition coefficient (Wildman–Crippen LogP) is 4.47. The maximum absolute atomic E-state index is 12.9. The summed E-state index contributed by atoms with van der Waals surface area (Å²) in [5.74, 6) is -0.455. The number of hydrogen-bond donors (Lipinski definition) is 2. The summed E-state index contributed by atoms with van der Waals surface area (Å²) in [6.45, 7) is 0.410. The Morgan fingerprint density at radius 1 is 0.931 bits per heavy atom. The van der Waals surface area contributed by atoms with E-state index < -0.39 is 0 Å². The first-order chi connectivity index (χ1) is 14.0. The minimum Gasteiger partial charge on any atom is -0.338 e. The number of amides is 3. The SMILES string of the molecule is CN(C(=O)c1cccc(NC(=O)NCCc2ccc(F)cc2)c1)c1ccccc1. The summed E-state index contributed by atoms with van der Waals surface area (Å²) in [4.78, 5) is 26.4. The molecule has 148 valence electrons. The highest BCUT2D eigenvalue weighted by atomic mass is 19.1. The summed E-state index contributed by atoms with van der Waals surface area (Å²) in [6.07, 6.45) is 0.591. The van der Waals surface area contributed by atoms with Crippen LogP contribution in [-0.4, -0.2) is 25.5 Å². The number of carbonyl (C=O) groups is 2. The van der Waals surface area contributed by atoms with Crippen LogP contribution in [0.5, 0.6) is 0 Å². The number of benzene rings is 3. The molecule has 29 heavy (non-hydrogen) atoms. The van der Waals surface area contributed by atoms with E-state index >= 15 is 0 Å². The Morgan fingerprint density at radius 3 is 2.38 bits per heavy atom. The maximum Gasteiger partial charge on any atom is 0.319 e. The molecule has 0 aliphatic rings. The Morgan fingerprint density at radius 2 is 1.66 bits per heavy atom. The van der Waals surface area contributed by atoms with Crippen molar-refractivity contribution < 1.29 is 14.0 Å². The number of anilines is 2. The molecule has 0 unspecified atom stereocenters. The van der Waals surface area contributed by atoms with Crippen molar-refractivity contribution in [3.8, 4) is 0 Å². The molecular weight excluding hydrogens is 369 g/mol. The van der Waals surface area contributed by atoms with Gasteiger partial charge < -0.3 is 15.5 Å². The fraction of sp³-hybridized carbons (Fsp3) is 0.130. The number of rotatable bonds is 6. The number of nitrogens with zero attached hydrogens (tertiary/aromatic N) is 1. The number of halogens is 1. The molecule has 0 spiro atoms. The Hall–Kier alpha value is -3.67. The molecule has 0 aliphatic carbocycles. The number of carbonyl (C=O) groups excluding carboxylic acids is 2. The number of hydrogen-bond acceptors (Lipinski definition) is 2. The van der Waals surface area contributed by atoms with Gasteiger partial charge >= 0.3 is 6.03 Å². The third kappa shape index (κ3) is 5.65. The van der Waals surface area contributed by atoms with Crippen LogP contribution in [-0.2, 0) is 6.42 Å². The van der Waals surface area contributed by atoms with Crippen LogP contribution in [0.1, 0.15) is 15.9 Å². The molecule has 0 bridgehead atoms. The fourth-order valence-electron chi connectivity index (χ4n) is 2.84. The first-order valence-electron chi connectivity index (χ1n) is 9.25. The van der Waals surface area contributed by atoms with Crippen molar-refractivity contribution in [3.63, 3.8) is 0 Å². The summed E-state index contributed by atoms with van der Waals surface area (Å²) in [5.41, 5.74) is 2.72. The zero-order chi connectivity index (χ0) is 20.6. The van der Waals surface area contributed by atoms with E-state index in [0.717, 1.165) is 11.3 Å². The average Bonchev–Trinajstić information content (AvgIpc) is 2.75. The summed E-state index contributed by atoms with van der Waals surface area (Å²) < 4.78 is 12.9. The quantitative estimate of drug-likeness (QED) is 0.651. The zero-order valence-corrected chi connectivity index (χ0v) is 16.1. The number of urea groups is 1. The third-order valence-electron chi connectivity index (χ3n) is 4.43. The van der Waals surface area contributed by atoms with Crippen LogP contribution in [0.15, 0.2) is 78.9 Å². The highest BCUT2D eigenvalue weighted by Gasteiger charge is 2.14. The molecular formula is C23H22FN3O2. The van der Waals surface area contributed by atoms with Crippen molar-refractivity contribution in [1.29, 1.82) is 0 Å². The van der Waals surface area contributed by atoms with Crippen LogP contribution >= 0.6 is 0 Å². The molecule has 6 heteroatoms. The van der Waals surface area contributed by atoms with E-state index in [1.165, 1.54) is 12.1 Å². The van der Waals surface area contributed by atoms with Crippen molar-refractivity contribution >= 4 is 23.3 Å². The Bertz CT molecular complexity index is 975. The minimum atomic E-state index is -0.367. The van der Waals surface area contributed by atoms with Crippen LogP contribution in [0.2, 0.25) is 0 Å². The molecule has 3 aromatic rings. The molecule has 0 saturated heterocycles. The van der Waals surface area contributed by atoms with Gasteiger partial charge in [0.1, 0.15) is 5.82 Å². The Kier molecular flexibility index (Phi) is 6.58. The Labute approximate surface area is 169 Å². The average molecular weight is 391 g/mol. The molecule has 3 aromatic carbocycles. The van der Waals surface area contributed by atoms with Gasteiger partial charge in [-0.1, -0.05) is 36.4 Å². The maximum atomic E-state index is 12.9. The lowest BCUT2D eigenvalue weighted by atomic mass is 10.1. The molecule has 5 nitrogen and oxygen atoms in total. The van der Waals surface area contributed by atoms with Crippen LogP contribution < -0.4 is 15.5 Å². The molecule has 2 N–H and O–H groups in total. The normalized spacial score (nSPS) is 10.3. The van der Waals surface area contributed by atoms with Gasteiger partial charge in [-0.2, -0.15) is 0 Å². The molecule has 0 radical (unpaired) electrons. The van der Waals surface area contributed by atoms with E-state index in [1.807, 2.05) is 30.3 Å². The summed E-state index contributed by atoms with van der Waals surface area (Å²) >= 11 is 0. The summed E-state index contributed by atoms with van der Waals surface area (Å²) in [7, 11) is 1.71. The van der Waals surface area contributed by atoms with Gasteiger partial charge in [0.25, 0.3) is 5.91 Å². The number of nitrogens with one attached hydrogen (secondary N) is 2. The van der Waals surface area contributed by atoms with Crippen LogP contribution in [0.3, 0.4) is 0 Å². The smallest absolute Gasteiger partial charge is 0.319 e. The molecule has 3 rings (SSSR count). The van der Waals surface area contributed by atoms with Crippen LogP contribution in [0, 0.1) is 5.82 Å². The van der Waals surface area contributed by atoms with E-state index in [0.29, 0.717) is 24.2 Å². The van der Waals surface area contributed by atoms with Crippen molar-refractivity contribution in [2.75, 3.05) is 23.8 Å². The molecule has 0 aliphatic heterocycles.